The zero-order chi connectivity index (χ0) is 23.6. The van der Waals surface area contributed by atoms with Gasteiger partial charge < -0.3 is 29.6 Å². The van der Waals surface area contributed by atoms with Gasteiger partial charge in [0.1, 0.15) is 22.9 Å². The molecule has 9 heteroatoms. The van der Waals surface area contributed by atoms with Crippen LogP contribution in [0, 0.1) is 5.82 Å². The third kappa shape index (κ3) is 4.85. The van der Waals surface area contributed by atoms with E-state index in [1.807, 2.05) is 19.0 Å². The van der Waals surface area contributed by atoms with Crippen molar-refractivity contribution >= 4 is 16.7 Å². The summed E-state index contributed by atoms with van der Waals surface area (Å²) in [6, 6.07) is 7.83. The minimum atomic E-state index is -1.20. The van der Waals surface area contributed by atoms with Crippen LogP contribution in [-0.4, -0.2) is 56.6 Å². The molecule has 0 aliphatic rings. The van der Waals surface area contributed by atoms with E-state index in [4.69, 9.17) is 19.6 Å². The highest BCUT2D eigenvalue weighted by Gasteiger charge is 2.22. The van der Waals surface area contributed by atoms with Crippen LogP contribution in [0.4, 0.5) is 10.1 Å². The molecule has 8 nitrogen and oxygen atoms in total. The summed E-state index contributed by atoms with van der Waals surface area (Å²) in [4.78, 5) is 16.4. The Morgan fingerprint density at radius 1 is 1.19 bits per heavy atom. The fraction of sp³-hybridized carbons (Fsp3) is 0.348. The molecule has 0 amide bonds. The molecule has 0 bridgehead atoms. The standard InChI is InChI=1S/C23H28FN3O5/c1-26(2)12-16-15(9-13-7-6-8-17(25)21(13)24)22(28)32-19-11-14(31-23(29)27(3)4)10-18(30-5)20(16)19/h6-8,10-11,23,29H,9,12,25H2,1-5H3. The first-order valence-electron chi connectivity index (χ1n) is 9.97. The first kappa shape index (κ1) is 23.5. The maximum atomic E-state index is 14.6. The molecule has 1 atom stereocenters. The Kier molecular flexibility index (Phi) is 7.02. The highest BCUT2D eigenvalue weighted by atomic mass is 19.1. The summed E-state index contributed by atoms with van der Waals surface area (Å²) >= 11 is 0. The van der Waals surface area contributed by atoms with E-state index in [0.717, 1.165) is 0 Å². The molecule has 3 aromatic rings. The van der Waals surface area contributed by atoms with Crippen LogP contribution < -0.4 is 20.8 Å². The summed E-state index contributed by atoms with van der Waals surface area (Å²) in [5, 5.41) is 10.6. The fourth-order valence-corrected chi connectivity index (χ4v) is 3.43. The molecule has 0 radical (unpaired) electrons. The van der Waals surface area contributed by atoms with Gasteiger partial charge in [0.2, 0.25) is 0 Å². The monoisotopic (exact) mass is 445 g/mol. The Hall–Kier alpha value is -3.14. The van der Waals surface area contributed by atoms with E-state index < -0.39 is 17.9 Å². The van der Waals surface area contributed by atoms with Crippen molar-refractivity contribution in [1.29, 1.82) is 0 Å². The van der Waals surface area contributed by atoms with Gasteiger partial charge >= 0.3 is 5.63 Å². The number of nitrogens with two attached hydrogens (primary N) is 1. The fourth-order valence-electron chi connectivity index (χ4n) is 3.43. The number of nitrogens with zero attached hydrogens (tertiary/aromatic N) is 2. The molecule has 2 aromatic carbocycles. The lowest BCUT2D eigenvalue weighted by molar-refractivity contribution is -0.114. The van der Waals surface area contributed by atoms with E-state index in [2.05, 4.69) is 0 Å². The molecule has 0 aliphatic heterocycles. The second-order valence-corrected chi connectivity index (χ2v) is 7.99. The van der Waals surface area contributed by atoms with E-state index in [-0.39, 0.29) is 23.4 Å². The lowest BCUT2D eigenvalue weighted by Gasteiger charge is -2.21. The van der Waals surface area contributed by atoms with E-state index in [0.29, 0.717) is 34.4 Å². The maximum absolute atomic E-state index is 14.6. The van der Waals surface area contributed by atoms with Crippen LogP contribution in [-0.2, 0) is 13.0 Å². The number of ether oxygens (including phenoxy) is 2. The molecule has 0 saturated carbocycles. The number of aliphatic hydroxyl groups is 1. The Morgan fingerprint density at radius 2 is 1.91 bits per heavy atom. The highest BCUT2D eigenvalue weighted by Crippen LogP contribution is 2.35. The zero-order valence-corrected chi connectivity index (χ0v) is 18.8. The van der Waals surface area contributed by atoms with Crippen molar-refractivity contribution in [2.75, 3.05) is 41.0 Å². The van der Waals surface area contributed by atoms with Gasteiger partial charge in [-0.2, -0.15) is 0 Å². The minimum absolute atomic E-state index is 0.0130. The average molecular weight is 445 g/mol. The van der Waals surface area contributed by atoms with Gasteiger partial charge in [0.05, 0.1) is 18.2 Å². The van der Waals surface area contributed by atoms with Crippen molar-refractivity contribution in [3.05, 3.63) is 63.3 Å². The van der Waals surface area contributed by atoms with E-state index >= 15 is 0 Å². The number of halogens is 1. The number of rotatable bonds is 8. The van der Waals surface area contributed by atoms with E-state index in [1.54, 1.807) is 32.3 Å². The summed E-state index contributed by atoms with van der Waals surface area (Å²) in [6.45, 7) is 0.387. The normalized spacial score (nSPS) is 12.5. The van der Waals surface area contributed by atoms with Gasteiger partial charge in [0.25, 0.3) is 6.41 Å². The van der Waals surface area contributed by atoms with Crippen LogP contribution in [0.3, 0.4) is 0 Å². The van der Waals surface area contributed by atoms with Gasteiger partial charge in [0.15, 0.2) is 0 Å². The van der Waals surface area contributed by atoms with E-state index in [9.17, 15) is 14.3 Å². The van der Waals surface area contributed by atoms with Crippen molar-refractivity contribution in [3.8, 4) is 11.5 Å². The van der Waals surface area contributed by atoms with Gasteiger partial charge in [-0.3, -0.25) is 4.90 Å². The summed E-state index contributed by atoms with van der Waals surface area (Å²) in [7, 11) is 8.52. The lowest BCUT2D eigenvalue weighted by atomic mass is 9.97. The first-order valence-corrected chi connectivity index (χ1v) is 9.97. The second kappa shape index (κ2) is 9.56. The van der Waals surface area contributed by atoms with Crippen LogP contribution in [0.5, 0.6) is 11.5 Å². The molecule has 1 unspecified atom stereocenters. The maximum Gasteiger partial charge on any atom is 0.340 e. The summed E-state index contributed by atoms with van der Waals surface area (Å²) in [6.07, 6.45) is -1.19. The number of hydrogen-bond donors (Lipinski definition) is 2. The molecule has 1 heterocycles. The third-order valence-corrected chi connectivity index (χ3v) is 5.01. The third-order valence-electron chi connectivity index (χ3n) is 5.01. The van der Waals surface area contributed by atoms with Crippen molar-refractivity contribution in [1.82, 2.24) is 9.80 Å². The number of benzene rings is 2. The molecule has 3 rings (SSSR count). The quantitative estimate of drug-likeness (QED) is 0.310. The topological polar surface area (TPSA) is 101 Å². The van der Waals surface area contributed by atoms with Crippen LogP contribution in [0.15, 0.2) is 39.5 Å². The number of aliphatic hydroxyl groups excluding tert-OH is 1. The number of hydrogen-bond acceptors (Lipinski definition) is 8. The Labute approximate surface area is 185 Å². The zero-order valence-electron chi connectivity index (χ0n) is 18.8. The van der Waals surface area contributed by atoms with Crippen molar-refractivity contribution in [3.63, 3.8) is 0 Å². The van der Waals surface area contributed by atoms with Gasteiger partial charge in [0, 0.05) is 30.7 Å². The molecular weight excluding hydrogens is 417 g/mol. The van der Waals surface area contributed by atoms with Crippen molar-refractivity contribution < 1.29 is 23.4 Å². The lowest BCUT2D eigenvalue weighted by Crippen LogP contribution is -2.32. The summed E-state index contributed by atoms with van der Waals surface area (Å²) in [5.41, 5.74) is 6.63. The number of methoxy groups -OCH3 is 1. The molecular formula is C23H28FN3O5. The number of fused-ring (bicyclic) bond motifs is 1. The minimum Gasteiger partial charge on any atom is -0.496 e. The highest BCUT2D eigenvalue weighted by molar-refractivity contribution is 5.89. The molecule has 3 N–H and O–H groups in total. The second-order valence-electron chi connectivity index (χ2n) is 7.99. The van der Waals surface area contributed by atoms with Crippen LogP contribution in [0.2, 0.25) is 0 Å². The molecule has 0 aliphatic carbocycles. The van der Waals surface area contributed by atoms with Gasteiger partial charge in [-0.25, -0.2) is 9.18 Å². The number of nitrogen functional groups attached to an aromatic ring is 1. The average Bonchev–Trinajstić information content (AvgIpc) is 2.72. The molecule has 172 valence electrons. The number of anilines is 1. The smallest absolute Gasteiger partial charge is 0.340 e. The Balaban J connectivity index is 2.23. The van der Waals surface area contributed by atoms with E-state index in [1.165, 1.54) is 24.1 Å². The van der Waals surface area contributed by atoms with Crippen molar-refractivity contribution in [2.24, 2.45) is 0 Å². The Bertz CT molecular complexity index is 1180. The van der Waals surface area contributed by atoms with Crippen LogP contribution in [0.25, 0.3) is 11.0 Å². The first-order chi connectivity index (χ1) is 15.1. The van der Waals surface area contributed by atoms with Crippen molar-refractivity contribution in [2.45, 2.75) is 19.4 Å². The molecule has 32 heavy (non-hydrogen) atoms. The SMILES string of the molecule is COc1cc(OC(O)N(C)C)cc2oc(=O)c(Cc3cccc(N)c3F)c(CN(C)C)c12. The molecule has 0 spiro atoms. The van der Waals surface area contributed by atoms with Gasteiger partial charge in [-0.1, -0.05) is 12.1 Å². The molecule has 1 aromatic heterocycles. The van der Waals surface area contributed by atoms with Crippen LogP contribution in [0.1, 0.15) is 16.7 Å². The van der Waals surface area contributed by atoms with Crippen LogP contribution >= 0.6 is 0 Å². The predicted octanol–water partition coefficient (Wildman–Crippen LogP) is 2.39. The largest absolute Gasteiger partial charge is 0.496 e. The molecule has 0 fully saturated rings. The summed E-state index contributed by atoms with van der Waals surface area (Å²) < 4.78 is 31.3. The predicted molar refractivity (Wildman–Crippen MR) is 120 cm³/mol. The van der Waals surface area contributed by atoms with Gasteiger partial charge in [-0.05, 0) is 45.4 Å². The Morgan fingerprint density at radius 3 is 2.53 bits per heavy atom. The molecule has 0 saturated heterocycles. The van der Waals surface area contributed by atoms with Gasteiger partial charge in [-0.15, -0.1) is 0 Å². The summed E-state index contributed by atoms with van der Waals surface area (Å²) in [5.74, 6) is 0.110.